The van der Waals surface area contributed by atoms with Crippen molar-refractivity contribution in [1.29, 1.82) is 0 Å². The lowest BCUT2D eigenvalue weighted by Crippen LogP contribution is -2.41. The summed E-state index contributed by atoms with van der Waals surface area (Å²) in [4.78, 5) is 16.4. The molecule has 9 nitrogen and oxygen atoms in total. The fourth-order valence-corrected chi connectivity index (χ4v) is 5.11. The summed E-state index contributed by atoms with van der Waals surface area (Å²) < 4.78 is 42.8. The van der Waals surface area contributed by atoms with E-state index in [1.54, 1.807) is 36.5 Å². The molecule has 0 unspecified atom stereocenters. The summed E-state index contributed by atoms with van der Waals surface area (Å²) in [7, 11) is 1.07. The van der Waals surface area contributed by atoms with Gasteiger partial charge in [0.15, 0.2) is 11.5 Å². The first-order chi connectivity index (χ1) is 15.9. The Kier molecular flexibility index (Phi) is 8.29. The molecule has 0 saturated carbocycles. The van der Waals surface area contributed by atoms with Crippen LogP contribution in [0.1, 0.15) is 18.4 Å². The number of nitrogens with zero attached hydrogens (tertiary/aromatic N) is 2. The first kappa shape index (κ1) is 24.5. The molecule has 0 bridgehead atoms. The van der Waals surface area contributed by atoms with Crippen molar-refractivity contribution in [1.82, 2.24) is 14.6 Å². The Bertz CT molecular complexity index is 1060. The lowest BCUT2D eigenvalue weighted by molar-refractivity contribution is -0.116. The molecule has 1 aliphatic heterocycles. The molecule has 0 spiro atoms. The Hall–Kier alpha value is -3.11. The molecule has 1 saturated heterocycles. The molecule has 1 aromatic carbocycles. The number of sulfonamides is 1. The van der Waals surface area contributed by atoms with Crippen molar-refractivity contribution in [2.45, 2.75) is 17.7 Å². The molecule has 1 fully saturated rings. The summed E-state index contributed by atoms with van der Waals surface area (Å²) in [6.07, 6.45) is 7.38. The topological polar surface area (TPSA) is 107 Å². The highest BCUT2D eigenvalue weighted by atomic mass is 32.2. The lowest BCUT2D eigenvalue weighted by atomic mass is 9.98. The van der Waals surface area contributed by atoms with E-state index in [4.69, 9.17) is 14.2 Å². The van der Waals surface area contributed by atoms with Gasteiger partial charge in [-0.3, -0.25) is 9.78 Å². The normalized spacial score (nSPS) is 15.4. The number of methoxy groups -OCH3 is 3. The molecule has 0 atom stereocenters. The number of hydrogen-bond acceptors (Lipinski definition) is 7. The molecule has 3 rings (SSSR count). The predicted molar refractivity (Wildman–Crippen MR) is 124 cm³/mol. The van der Waals surface area contributed by atoms with Crippen LogP contribution in [0.25, 0.3) is 6.08 Å². The number of rotatable bonds is 9. The molecular formula is C23H29N3O6S. The number of amides is 1. The third kappa shape index (κ3) is 6.02. The Balaban J connectivity index is 1.52. The van der Waals surface area contributed by atoms with Gasteiger partial charge in [-0.15, -0.1) is 0 Å². The van der Waals surface area contributed by atoms with Gasteiger partial charge in [-0.2, -0.15) is 4.31 Å². The van der Waals surface area contributed by atoms with E-state index in [2.05, 4.69) is 10.3 Å². The van der Waals surface area contributed by atoms with Crippen LogP contribution < -0.4 is 19.5 Å². The molecular weight excluding hydrogens is 446 g/mol. The molecule has 1 amide bonds. The fraction of sp³-hybridized carbons (Fsp3) is 0.391. The highest BCUT2D eigenvalue weighted by Gasteiger charge is 2.29. The molecule has 2 heterocycles. The van der Waals surface area contributed by atoms with Crippen LogP contribution in [0.2, 0.25) is 0 Å². The quantitative estimate of drug-likeness (QED) is 0.555. The maximum atomic E-state index is 12.7. The Morgan fingerprint density at radius 3 is 2.36 bits per heavy atom. The van der Waals surface area contributed by atoms with Gasteiger partial charge in [-0.25, -0.2) is 8.42 Å². The van der Waals surface area contributed by atoms with Crippen molar-refractivity contribution in [3.05, 3.63) is 48.3 Å². The molecule has 0 radical (unpaired) electrons. The summed E-state index contributed by atoms with van der Waals surface area (Å²) in [6.45, 7) is 1.32. The monoisotopic (exact) mass is 475 g/mol. The van der Waals surface area contributed by atoms with Gasteiger partial charge >= 0.3 is 0 Å². The second kappa shape index (κ2) is 11.2. The van der Waals surface area contributed by atoms with Crippen LogP contribution in [0.15, 0.2) is 47.6 Å². The number of pyridine rings is 1. The van der Waals surface area contributed by atoms with E-state index in [-0.39, 0.29) is 16.7 Å². The number of carbonyl (C=O) groups is 1. The molecule has 1 aromatic heterocycles. The van der Waals surface area contributed by atoms with E-state index in [1.165, 1.54) is 37.9 Å². The van der Waals surface area contributed by atoms with Gasteiger partial charge in [-0.05, 0) is 54.7 Å². The molecule has 2 aromatic rings. The van der Waals surface area contributed by atoms with Crippen molar-refractivity contribution < 1.29 is 27.4 Å². The van der Waals surface area contributed by atoms with Gasteiger partial charge in [0.1, 0.15) is 4.90 Å². The minimum absolute atomic E-state index is 0.202. The van der Waals surface area contributed by atoms with Gasteiger partial charge in [0.05, 0.1) is 21.3 Å². The van der Waals surface area contributed by atoms with E-state index < -0.39 is 10.0 Å². The first-order valence-corrected chi connectivity index (χ1v) is 12.0. The number of benzene rings is 1. The number of nitrogens with one attached hydrogen (secondary N) is 1. The van der Waals surface area contributed by atoms with Crippen molar-refractivity contribution in [3.8, 4) is 17.2 Å². The minimum Gasteiger partial charge on any atom is -0.493 e. The fourth-order valence-electron chi connectivity index (χ4n) is 3.68. The second-order valence-corrected chi connectivity index (χ2v) is 9.51. The van der Waals surface area contributed by atoms with Crippen molar-refractivity contribution in [3.63, 3.8) is 0 Å². The second-order valence-electron chi connectivity index (χ2n) is 7.57. The third-order valence-electron chi connectivity index (χ3n) is 5.52. The Morgan fingerprint density at radius 1 is 1.15 bits per heavy atom. The van der Waals surface area contributed by atoms with Crippen molar-refractivity contribution >= 4 is 22.0 Å². The standard InChI is InChI=1S/C23H29N3O6S/c1-30-20-13-18(14-21(31-2)23(20)32-3)6-7-22(27)25-15-17-8-11-26(12-9-17)33(28,29)19-5-4-10-24-16-19/h4-7,10,13-14,16-17H,8-9,11-12,15H2,1-3H3,(H,25,27)/b7-6+. The Labute approximate surface area is 194 Å². The zero-order valence-corrected chi connectivity index (χ0v) is 19.8. The summed E-state index contributed by atoms with van der Waals surface area (Å²) in [5.41, 5.74) is 0.730. The van der Waals surface area contributed by atoms with Crippen molar-refractivity contribution in [2.24, 2.45) is 5.92 Å². The van der Waals surface area contributed by atoms with Gasteiger partial charge in [0.2, 0.25) is 21.7 Å². The number of ether oxygens (including phenoxy) is 3. The van der Waals surface area contributed by atoms with Crippen LogP contribution >= 0.6 is 0 Å². The number of hydrogen-bond donors (Lipinski definition) is 1. The maximum absolute atomic E-state index is 12.7. The average Bonchev–Trinajstić information content (AvgIpc) is 2.86. The van der Waals surface area contributed by atoms with Crippen LogP contribution in [-0.2, 0) is 14.8 Å². The molecule has 1 aliphatic rings. The molecule has 0 aliphatic carbocycles. The molecule has 1 N–H and O–H groups in total. The van der Waals surface area contributed by atoms with E-state index in [0.717, 1.165) is 5.56 Å². The van der Waals surface area contributed by atoms with Gasteiger partial charge in [0.25, 0.3) is 0 Å². The SMILES string of the molecule is COc1cc(/C=C/C(=O)NCC2CCN(S(=O)(=O)c3cccnc3)CC2)cc(OC)c1OC. The summed E-state index contributed by atoms with van der Waals surface area (Å²) >= 11 is 0. The Morgan fingerprint density at radius 2 is 1.82 bits per heavy atom. The molecule has 178 valence electrons. The van der Waals surface area contributed by atoms with Gasteiger partial charge in [-0.1, -0.05) is 0 Å². The highest BCUT2D eigenvalue weighted by Crippen LogP contribution is 2.38. The van der Waals surface area contributed by atoms with E-state index in [0.29, 0.717) is 49.7 Å². The smallest absolute Gasteiger partial charge is 0.244 e. The predicted octanol–water partition coefficient (Wildman–Crippen LogP) is 2.34. The average molecular weight is 476 g/mol. The van der Waals surface area contributed by atoms with Crippen LogP contribution in [0.4, 0.5) is 0 Å². The number of carbonyl (C=O) groups excluding carboxylic acids is 1. The van der Waals surface area contributed by atoms with E-state index >= 15 is 0 Å². The zero-order chi connectivity index (χ0) is 23.8. The minimum atomic E-state index is -3.53. The third-order valence-corrected chi connectivity index (χ3v) is 7.41. The van der Waals surface area contributed by atoms with Gasteiger partial charge in [0, 0.05) is 38.1 Å². The maximum Gasteiger partial charge on any atom is 0.244 e. The zero-order valence-electron chi connectivity index (χ0n) is 19.0. The van der Waals surface area contributed by atoms with E-state index in [9.17, 15) is 13.2 Å². The molecule has 10 heteroatoms. The largest absolute Gasteiger partial charge is 0.493 e. The van der Waals surface area contributed by atoms with Crippen LogP contribution in [-0.4, -0.2) is 64.6 Å². The first-order valence-electron chi connectivity index (χ1n) is 10.5. The lowest BCUT2D eigenvalue weighted by Gasteiger charge is -2.31. The number of aromatic nitrogens is 1. The van der Waals surface area contributed by atoms with E-state index in [1.807, 2.05) is 0 Å². The van der Waals surface area contributed by atoms with Crippen molar-refractivity contribution in [2.75, 3.05) is 41.0 Å². The van der Waals surface area contributed by atoms with Gasteiger partial charge < -0.3 is 19.5 Å². The number of piperidine rings is 1. The van der Waals surface area contributed by atoms with Crippen LogP contribution in [0.3, 0.4) is 0 Å². The highest BCUT2D eigenvalue weighted by molar-refractivity contribution is 7.89. The van der Waals surface area contributed by atoms with Crippen LogP contribution in [0.5, 0.6) is 17.2 Å². The summed E-state index contributed by atoms with van der Waals surface area (Å²) in [5, 5.41) is 2.90. The summed E-state index contributed by atoms with van der Waals surface area (Å²) in [5.74, 6) is 1.48. The molecule has 33 heavy (non-hydrogen) atoms. The summed E-state index contributed by atoms with van der Waals surface area (Å²) in [6, 6.07) is 6.67. The van der Waals surface area contributed by atoms with Crippen LogP contribution in [0, 0.1) is 5.92 Å².